The Hall–Kier alpha value is -2.21. The van der Waals surface area contributed by atoms with Crippen LogP contribution in [0.25, 0.3) is 0 Å². The lowest BCUT2D eigenvalue weighted by molar-refractivity contribution is 0.0955. The third-order valence-corrected chi connectivity index (χ3v) is 2.96. The summed E-state index contributed by atoms with van der Waals surface area (Å²) in [4.78, 5) is 11.7. The average molecular weight is 337 g/mol. The van der Waals surface area contributed by atoms with Crippen molar-refractivity contribution in [3.8, 4) is 5.75 Å². The maximum Gasteiger partial charge on any atom is 0.271 e. The van der Waals surface area contributed by atoms with Crippen molar-refractivity contribution in [2.45, 2.75) is 0 Å². The molecule has 0 saturated heterocycles. The number of hydrogen-bond acceptors (Lipinski definition) is 3. The number of carbonyl (C=O) groups is 1. The van der Waals surface area contributed by atoms with Crippen LogP contribution < -0.4 is 5.43 Å². The van der Waals surface area contributed by atoms with Crippen LogP contribution in [0.2, 0.25) is 0 Å². The van der Waals surface area contributed by atoms with Gasteiger partial charge in [-0.25, -0.2) is 9.82 Å². The third kappa shape index (κ3) is 3.64. The molecule has 6 heteroatoms. The lowest BCUT2D eigenvalue weighted by atomic mass is 10.2. The van der Waals surface area contributed by atoms with Gasteiger partial charge in [0.15, 0.2) is 0 Å². The van der Waals surface area contributed by atoms with Gasteiger partial charge in [-0.05, 0) is 42.5 Å². The molecule has 0 heterocycles. The summed E-state index contributed by atoms with van der Waals surface area (Å²) in [6.45, 7) is 0. The van der Waals surface area contributed by atoms with E-state index in [9.17, 15) is 14.3 Å². The number of hydrazone groups is 1. The topological polar surface area (TPSA) is 61.7 Å². The second-order valence-electron chi connectivity index (χ2n) is 3.91. The van der Waals surface area contributed by atoms with Gasteiger partial charge < -0.3 is 5.11 Å². The minimum atomic E-state index is -0.462. The van der Waals surface area contributed by atoms with Gasteiger partial charge in [-0.2, -0.15) is 5.10 Å². The third-order valence-electron chi connectivity index (χ3n) is 2.47. The molecule has 0 fully saturated rings. The Bertz CT molecular complexity index is 657. The van der Waals surface area contributed by atoms with E-state index >= 15 is 0 Å². The van der Waals surface area contributed by atoms with Gasteiger partial charge in [-0.15, -0.1) is 0 Å². The van der Waals surface area contributed by atoms with Crippen LogP contribution in [0.5, 0.6) is 5.75 Å². The van der Waals surface area contributed by atoms with Crippen LogP contribution in [-0.4, -0.2) is 17.2 Å². The Morgan fingerprint density at radius 2 is 1.95 bits per heavy atom. The lowest BCUT2D eigenvalue weighted by Crippen LogP contribution is -2.17. The Balaban J connectivity index is 2.04. The Morgan fingerprint density at radius 3 is 2.65 bits per heavy atom. The molecular formula is C14H10BrFN2O2. The fourth-order valence-electron chi connectivity index (χ4n) is 1.46. The van der Waals surface area contributed by atoms with Crippen molar-refractivity contribution < 1.29 is 14.3 Å². The molecule has 2 aromatic carbocycles. The number of aromatic hydroxyl groups is 1. The zero-order valence-electron chi connectivity index (χ0n) is 10.2. The Morgan fingerprint density at radius 1 is 1.25 bits per heavy atom. The molecule has 0 aliphatic heterocycles. The van der Waals surface area contributed by atoms with Crippen molar-refractivity contribution in [3.63, 3.8) is 0 Å². The number of rotatable bonds is 3. The smallest absolute Gasteiger partial charge is 0.271 e. The Kier molecular flexibility index (Phi) is 4.47. The predicted molar refractivity (Wildman–Crippen MR) is 77.3 cm³/mol. The van der Waals surface area contributed by atoms with E-state index in [4.69, 9.17) is 0 Å². The highest BCUT2D eigenvalue weighted by atomic mass is 79.9. The maximum absolute atomic E-state index is 12.7. The number of hydrogen-bond donors (Lipinski definition) is 2. The van der Waals surface area contributed by atoms with E-state index in [1.165, 1.54) is 36.5 Å². The fraction of sp³-hybridized carbons (Fsp3) is 0. The summed E-state index contributed by atoms with van der Waals surface area (Å²) >= 11 is 3.26. The summed E-state index contributed by atoms with van der Waals surface area (Å²) in [6.07, 6.45) is 1.32. The number of nitrogens with one attached hydrogen (secondary N) is 1. The molecule has 0 saturated carbocycles. The predicted octanol–water partition coefficient (Wildman–Crippen LogP) is 3.06. The molecule has 102 valence electrons. The van der Waals surface area contributed by atoms with Crippen LogP contribution in [0, 0.1) is 5.82 Å². The SMILES string of the molecule is O=C(NN=Cc1cc(Br)ccc1O)c1ccc(F)cc1. The number of nitrogens with zero attached hydrogens (tertiary/aromatic N) is 1. The van der Waals surface area contributed by atoms with Gasteiger partial charge in [0.1, 0.15) is 11.6 Å². The molecule has 0 unspecified atom stereocenters. The van der Waals surface area contributed by atoms with Gasteiger partial charge >= 0.3 is 0 Å². The number of benzene rings is 2. The van der Waals surface area contributed by atoms with Crippen LogP contribution >= 0.6 is 15.9 Å². The minimum absolute atomic E-state index is 0.0491. The van der Waals surface area contributed by atoms with Crippen LogP contribution in [0.4, 0.5) is 4.39 Å². The largest absolute Gasteiger partial charge is 0.507 e. The van der Waals surface area contributed by atoms with Crippen molar-refractivity contribution in [1.29, 1.82) is 0 Å². The molecule has 0 aromatic heterocycles. The summed E-state index contributed by atoms with van der Waals surface area (Å²) in [5.41, 5.74) is 3.05. The molecule has 0 aliphatic carbocycles. The molecule has 0 bridgehead atoms. The molecule has 0 spiro atoms. The Labute approximate surface area is 123 Å². The monoisotopic (exact) mass is 336 g/mol. The molecule has 0 radical (unpaired) electrons. The van der Waals surface area contributed by atoms with Gasteiger partial charge in [-0.1, -0.05) is 15.9 Å². The standard InChI is InChI=1S/C14H10BrFN2O2/c15-11-3-6-13(19)10(7-11)8-17-18-14(20)9-1-4-12(16)5-2-9/h1-8,19H,(H,18,20). The van der Waals surface area contributed by atoms with Gasteiger partial charge in [0, 0.05) is 15.6 Å². The van der Waals surface area contributed by atoms with Crippen molar-refractivity contribution in [2.75, 3.05) is 0 Å². The molecule has 0 aliphatic rings. The summed E-state index contributed by atoms with van der Waals surface area (Å²) in [5.74, 6) is -0.826. The summed E-state index contributed by atoms with van der Waals surface area (Å²) in [5, 5.41) is 13.3. The van der Waals surface area contributed by atoms with E-state index in [2.05, 4.69) is 26.5 Å². The highest BCUT2D eigenvalue weighted by Crippen LogP contribution is 2.19. The first-order valence-corrected chi connectivity index (χ1v) is 6.43. The van der Waals surface area contributed by atoms with E-state index in [-0.39, 0.29) is 5.75 Å². The van der Waals surface area contributed by atoms with Gasteiger partial charge in [0.25, 0.3) is 5.91 Å². The van der Waals surface area contributed by atoms with Crippen molar-refractivity contribution in [2.24, 2.45) is 5.10 Å². The van der Waals surface area contributed by atoms with E-state index in [0.717, 1.165) is 4.47 Å². The highest BCUT2D eigenvalue weighted by molar-refractivity contribution is 9.10. The summed E-state index contributed by atoms with van der Waals surface area (Å²) < 4.78 is 13.5. The second-order valence-corrected chi connectivity index (χ2v) is 4.82. The molecule has 2 rings (SSSR count). The zero-order valence-corrected chi connectivity index (χ0v) is 11.8. The number of amides is 1. The van der Waals surface area contributed by atoms with Crippen molar-refractivity contribution >= 4 is 28.1 Å². The molecule has 20 heavy (non-hydrogen) atoms. The molecule has 0 atom stereocenters. The van der Waals surface area contributed by atoms with E-state index in [0.29, 0.717) is 11.1 Å². The molecule has 2 aromatic rings. The van der Waals surface area contributed by atoms with E-state index < -0.39 is 11.7 Å². The van der Waals surface area contributed by atoms with Gasteiger partial charge in [0.2, 0.25) is 0 Å². The number of phenolic OH excluding ortho intramolecular Hbond substituents is 1. The number of carbonyl (C=O) groups excluding carboxylic acids is 1. The van der Waals surface area contributed by atoms with Gasteiger partial charge in [0.05, 0.1) is 6.21 Å². The molecule has 1 amide bonds. The molecule has 4 nitrogen and oxygen atoms in total. The maximum atomic E-state index is 12.7. The number of halogens is 2. The summed E-state index contributed by atoms with van der Waals surface area (Å²) in [6, 6.07) is 9.95. The van der Waals surface area contributed by atoms with E-state index in [1.54, 1.807) is 12.1 Å². The van der Waals surface area contributed by atoms with E-state index in [1.807, 2.05) is 0 Å². The first kappa shape index (κ1) is 14.2. The second kappa shape index (κ2) is 6.29. The van der Waals surface area contributed by atoms with Crippen LogP contribution in [0.1, 0.15) is 15.9 Å². The minimum Gasteiger partial charge on any atom is -0.507 e. The first-order chi connectivity index (χ1) is 9.56. The fourth-order valence-corrected chi connectivity index (χ4v) is 1.83. The summed E-state index contributed by atoms with van der Waals surface area (Å²) in [7, 11) is 0. The van der Waals surface area contributed by atoms with Crippen LogP contribution in [0.3, 0.4) is 0 Å². The molecular weight excluding hydrogens is 327 g/mol. The van der Waals surface area contributed by atoms with Crippen LogP contribution in [-0.2, 0) is 0 Å². The quantitative estimate of drug-likeness (QED) is 0.668. The normalized spacial score (nSPS) is 10.7. The zero-order chi connectivity index (χ0) is 14.5. The molecule has 2 N–H and O–H groups in total. The van der Waals surface area contributed by atoms with Crippen LogP contribution in [0.15, 0.2) is 52.0 Å². The average Bonchev–Trinajstić information content (AvgIpc) is 2.43. The highest BCUT2D eigenvalue weighted by Gasteiger charge is 2.04. The van der Waals surface area contributed by atoms with Gasteiger partial charge in [-0.3, -0.25) is 4.79 Å². The lowest BCUT2D eigenvalue weighted by Gasteiger charge is -2.01. The first-order valence-electron chi connectivity index (χ1n) is 5.64. The number of phenols is 1. The van der Waals surface area contributed by atoms with Crippen molar-refractivity contribution in [3.05, 3.63) is 63.9 Å². The van der Waals surface area contributed by atoms with Crippen molar-refractivity contribution in [1.82, 2.24) is 5.43 Å².